The lowest BCUT2D eigenvalue weighted by Gasteiger charge is -2.02. The van der Waals surface area contributed by atoms with Crippen LogP contribution in [-0.4, -0.2) is 33.8 Å². The molecule has 2 rings (SSSR count). The molecule has 0 fully saturated rings. The highest BCUT2D eigenvalue weighted by atomic mass is 35.5. The average molecular weight is 285 g/mol. The zero-order valence-corrected chi connectivity index (χ0v) is 10.5. The number of hydrogen-bond donors (Lipinski definition) is 2. The molecule has 0 aliphatic carbocycles. The minimum atomic E-state index is -1.46. The summed E-state index contributed by atoms with van der Waals surface area (Å²) in [6.07, 6.45) is -1.46. The summed E-state index contributed by atoms with van der Waals surface area (Å²) in [6, 6.07) is 2.80. The van der Waals surface area contributed by atoms with Crippen LogP contribution in [-0.2, 0) is 4.74 Å². The molecular formula is C11H9ClN2O5. The number of halogens is 1. The lowest BCUT2D eigenvalue weighted by molar-refractivity contribution is 0.0520. The molecule has 2 N–H and O–H groups in total. The van der Waals surface area contributed by atoms with E-state index in [0.29, 0.717) is 11.0 Å². The van der Waals surface area contributed by atoms with Crippen LogP contribution >= 0.6 is 11.6 Å². The van der Waals surface area contributed by atoms with Crippen LogP contribution in [0.5, 0.6) is 5.88 Å². The van der Waals surface area contributed by atoms with Crippen LogP contribution in [0.15, 0.2) is 12.1 Å². The second kappa shape index (κ2) is 5.15. The molecule has 0 unspecified atom stereocenters. The van der Waals surface area contributed by atoms with Gasteiger partial charge in [-0.3, -0.25) is 0 Å². The maximum absolute atomic E-state index is 11.6. The normalized spacial score (nSPS) is 10.4. The van der Waals surface area contributed by atoms with Crippen molar-refractivity contribution in [1.82, 2.24) is 9.97 Å². The minimum absolute atomic E-state index is 0.00734. The number of carboxylic acid groups (broad SMARTS) is 1. The summed E-state index contributed by atoms with van der Waals surface area (Å²) in [5.41, 5.74) is 0.773. The number of aromatic amines is 1. The van der Waals surface area contributed by atoms with E-state index in [-0.39, 0.29) is 23.2 Å². The Morgan fingerprint density at radius 3 is 2.84 bits per heavy atom. The Morgan fingerprint density at radius 1 is 1.47 bits per heavy atom. The number of esters is 1. The zero-order valence-electron chi connectivity index (χ0n) is 9.77. The highest BCUT2D eigenvalue weighted by Gasteiger charge is 2.16. The van der Waals surface area contributed by atoms with Crippen molar-refractivity contribution in [3.63, 3.8) is 0 Å². The molecule has 0 spiro atoms. The van der Waals surface area contributed by atoms with Gasteiger partial charge in [0.05, 0.1) is 22.7 Å². The number of H-pyrrole nitrogens is 1. The van der Waals surface area contributed by atoms with E-state index in [1.165, 1.54) is 12.1 Å². The lowest BCUT2D eigenvalue weighted by Crippen LogP contribution is -2.07. The van der Waals surface area contributed by atoms with Gasteiger partial charge in [-0.2, -0.15) is 0 Å². The smallest absolute Gasteiger partial charge is 0.461 e. The Morgan fingerprint density at radius 2 is 2.21 bits per heavy atom. The van der Waals surface area contributed by atoms with Crippen molar-refractivity contribution in [3.05, 3.63) is 22.8 Å². The molecule has 2 aromatic heterocycles. The molecule has 0 saturated carbocycles. The minimum Gasteiger partial charge on any atom is -0.461 e. The number of carbonyl (C=O) groups excluding carboxylic acids is 1. The predicted octanol–water partition coefficient (Wildman–Crippen LogP) is 2.45. The Balaban J connectivity index is 2.43. The van der Waals surface area contributed by atoms with Crippen LogP contribution in [0.25, 0.3) is 11.0 Å². The van der Waals surface area contributed by atoms with E-state index in [2.05, 4.69) is 14.7 Å². The van der Waals surface area contributed by atoms with Gasteiger partial charge in [-0.1, -0.05) is 11.6 Å². The van der Waals surface area contributed by atoms with E-state index in [1.807, 2.05) is 0 Å². The molecule has 0 atom stereocenters. The van der Waals surface area contributed by atoms with Crippen LogP contribution < -0.4 is 4.74 Å². The van der Waals surface area contributed by atoms with Crippen LogP contribution in [0.1, 0.15) is 17.4 Å². The van der Waals surface area contributed by atoms with Gasteiger partial charge in [0.25, 0.3) is 0 Å². The molecule has 0 radical (unpaired) electrons. The van der Waals surface area contributed by atoms with E-state index in [4.69, 9.17) is 21.4 Å². The van der Waals surface area contributed by atoms with Crippen LogP contribution in [0.3, 0.4) is 0 Å². The summed E-state index contributed by atoms with van der Waals surface area (Å²) in [6.45, 7) is 1.87. The van der Waals surface area contributed by atoms with E-state index in [0.717, 1.165) is 0 Å². The van der Waals surface area contributed by atoms with Gasteiger partial charge in [-0.05, 0) is 13.0 Å². The van der Waals surface area contributed by atoms with Crippen molar-refractivity contribution in [2.75, 3.05) is 6.61 Å². The number of fused-ring (bicyclic) bond motifs is 1. The first-order valence-electron chi connectivity index (χ1n) is 5.28. The van der Waals surface area contributed by atoms with Crippen molar-refractivity contribution < 1.29 is 24.2 Å². The van der Waals surface area contributed by atoms with Gasteiger partial charge >= 0.3 is 12.1 Å². The van der Waals surface area contributed by atoms with E-state index < -0.39 is 12.1 Å². The lowest BCUT2D eigenvalue weighted by atomic mass is 10.3. The van der Waals surface area contributed by atoms with E-state index in [1.54, 1.807) is 6.92 Å². The molecule has 8 heteroatoms. The SMILES string of the molecule is CCOC(=O)c1nc2cc(OC(=O)O)[nH]c2cc1Cl. The molecule has 2 aromatic rings. The third-order valence-corrected chi connectivity index (χ3v) is 2.49. The fourth-order valence-electron chi connectivity index (χ4n) is 1.50. The van der Waals surface area contributed by atoms with Gasteiger partial charge in [0, 0.05) is 6.07 Å². The molecule has 0 bridgehead atoms. The summed E-state index contributed by atoms with van der Waals surface area (Å²) < 4.78 is 9.26. The fraction of sp³-hybridized carbons (Fsp3) is 0.182. The number of nitrogens with one attached hydrogen (secondary N) is 1. The molecule has 0 aliphatic heterocycles. The first-order chi connectivity index (χ1) is 9.01. The first-order valence-corrected chi connectivity index (χ1v) is 5.66. The second-order valence-corrected chi connectivity index (χ2v) is 3.88. The van der Waals surface area contributed by atoms with Crippen molar-refractivity contribution in [3.8, 4) is 5.88 Å². The monoisotopic (exact) mass is 284 g/mol. The van der Waals surface area contributed by atoms with E-state index >= 15 is 0 Å². The van der Waals surface area contributed by atoms with Gasteiger partial charge in [0.2, 0.25) is 5.88 Å². The quantitative estimate of drug-likeness (QED) is 0.839. The molecule has 0 amide bonds. The third-order valence-electron chi connectivity index (χ3n) is 2.20. The molecule has 2 heterocycles. The number of carbonyl (C=O) groups is 2. The van der Waals surface area contributed by atoms with E-state index in [9.17, 15) is 9.59 Å². The Kier molecular flexibility index (Phi) is 3.57. The van der Waals surface area contributed by atoms with Crippen molar-refractivity contribution in [2.45, 2.75) is 6.92 Å². The first kappa shape index (κ1) is 13.2. The summed E-state index contributed by atoms with van der Waals surface area (Å²) in [5, 5.41) is 8.60. The van der Waals surface area contributed by atoms with Gasteiger partial charge in [0.1, 0.15) is 0 Å². The summed E-state index contributed by atoms with van der Waals surface area (Å²) in [5.74, 6) is -0.650. The second-order valence-electron chi connectivity index (χ2n) is 3.47. The Labute approximate surface area is 112 Å². The molecule has 7 nitrogen and oxygen atoms in total. The van der Waals surface area contributed by atoms with Crippen molar-refractivity contribution in [2.24, 2.45) is 0 Å². The highest BCUT2D eigenvalue weighted by molar-refractivity contribution is 6.33. The van der Waals surface area contributed by atoms with Gasteiger partial charge in [0.15, 0.2) is 5.69 Å². The maximum atomic E-state index is 11.6. The number of hydrogen-bond acceptors (Lipinski definition) is 5. The molecule has 0 aliphatic rings. The molecule has 0 saturated heterocycles. The number of ether oxygens (including phenoxy) is 2. The largest absolute Gasteiger partial charge is 0.512 e. The van der Waals surface area contributed by atoms with Gasteiger partial charge < -0.3 is 19.6 Å². The molecule has 19 heavy (non-hydrogen) atoms. The summed E-state index contributed by atoms with van der Waals surface area (Å²) in [7, 11) is 0. The number of aromatic nitrogens is 2. The number of pyridine rings is 1. The highest BCUT2D eigenvalue weighted by Crippen LogP contribution is 2.24. The number of nitrogens with zero attached hydrogens (tertiary/aromatic N) is 1. The molecule has 0 aromatic carbocycles. The summed E-state index contributed by atoms with van der Waals surface area (Å²) in [4.78, 5) is 28.7. The van der Waals surface area contributed by atoms with Crippen molar-refractivity contribution >= 4 is 34.8 Å². The maximum Gasteiger partial charge on any atom is 0.512 e. The standard InChI is InChI=1S/C11H9ClN2O5/c1-2-18-10(15)9-5(12)3-6-7(14-9)4-8(13-6)19-11(16)17/h3-4,13H,2H2,1H3,(H,16,17). The summed E-state index contributed by atoms with van der Waals surface area (Å²) >= 11 is 5.91. The zero-order chi connectivity index (χ0) is 14.0. The predicted molar refractivity (Wildman–Crippen MR) is 65.7 cm³/mol. The van der Waals surface area contributed by atoms with Crippen LogP contribution in [0, 0.1) is 0 Å². The Bertz CT molecular complexity index is 652. The van der Waals surface area contributed by atoms with Gasteiger partial charge in [-0.15, -0.1) is 0 Å². The van der Waals surface area contributed by atoms with Gasteiger partial charge in [-0.25, -0.2) is 14.6 Å². The third kappa shape index (κ3) is 2.76. The topological polar surface area (TPSA) is 102 Å². The van der Waals surface area contributed by atoms with Crippen molar-refractivity contribution in [1.29, 1.82) is 0 Å². The van der Waals surface area contributed by atoms with Crippen LogP contribution in [0.2, 0.25) is 5.02 Å². The molecule has 100 valence electrons. The number of rotatable bonds is 3. The van der Waals surface area contributed by atoms with Crippen LogP contribution in [0.4, 0.5) is 4.79 Å². The average Bonchev–Trinajstić information content (AvgIpc) is 2.68. The Hall–Kier alpha value is -2.28. The fourth-order valence-corrected chi connectivity index (χ4v) is 1.73. The molecular weight excluding hydrogens is 276 g/mol.